The number of hydrogen-bond donors (Lipinski definition) is 1. The van der Waals surface area contributed by atoms with E-state index in [0.717, 1.165) is 21.9 Å². The molecule has 0 spiro atoms. The maximum absolute atomic E-state index is 12.6. The van der Waals surface area contributed by atoms with Crippen LogP contribution in [-0.4, -0.2) is 11.9 Å². The van der Waals surface area contributed by atoms with E-state index in [1.807, 2.05) is 56.3 Å². The number of ether oxygens (including phenoxy) is 1. The number of hydrogen-bond acceptors (Lipinski definition) is 3. The highest BCUT2D eigenvalue weighted by Crippen LogP contribution is 2.37. The first-order chi connectivity index (χ1) is 13.4. The summed E-state index contributed by atoms with van der Waals surface area (Å²) < 4.78 is 5.51. The molecule has 1 amide bonds. The second-order valence-corrected chi connectivity index (χ2v) is 7.38. The molecule has 3 aromatic rings. The van der Waals surface area contributed by atoms with Gasteiger partial charge in [0.25, 0.3) is 0 Å². The quantitative estimate of drug-likeness (QED) is 0.472. The van der Waals surface area contributed by atoms with Gasteiger partial charge in [-0.25, -0.2) is 0 Å². The first-order valence-electron chi connectivity index (χ1n) is 9.12. The first kappa shape index (κ1) is 19.9. The van der Waals surface area contributed by atoms with Crippen LogP contribution in [0.5, 0.6) is 5.75 Å². The van der Waals surface area contributed by atoms with E-state index in [2.05, 4.69) is 5.32 Å². The number of benzene rings is 3. The van der Waals surface area contributed by atoms with E-state index in [9.17, 15) is 9.59 Å². The summed E-state index contributed by atoms with van der Waals surface area (Å²) in [5, 5.41) is 5.61. The summed E-state index contributed by atoms with van der Waals surface area (Å²) in [6.07, 6.45) is 0. The van der Waals surface area contributed by atoms with Crippen LogP contribution in [0.3, 0.4) is 0 Å². The lowest BCUT2D eigenvalue weighted by Crippen LogP contribution is -2.33. The minimum atomic E-state index is -0.493. The molecule has 0 aliphatic carbocycles. The molecule has 0 radical (unpaired) electrons. The molecule has 28 heavy (non-hydrogen) atoms. The fraction of sp³-hybridized carbons (Fsp3) is 0.217. The SMILES string of the molecule is CC(=O)Oc1ccc2ccccc2c1[C@H](NC(=O)C(C)C)c1ccc(Cl)cc1. The lowest BCUT2D eigenvalue weighted by Gasteiger charge is -2.24. The molecule has 0 aromatic heterocycles. The molecule has 5 heteroatoms. The normalized spacial score (nSPS) is 12.0. The number of carbonyl (C=O) groups excluding carboxylic acids is 2. The molecule has 0 aliphatic heterocycles. The molecule has 1 N–H and O–H groups in total. The van der Waals surface area contributed by atoms with E-state index in [0.29, 0.717) is 10.8 Å². The first-order valence-corrected chi connectivity index (χ1v) is 9.50. The third-order valence-corrected chi connectivity index (χ3v) is 4.74. The average molecular weight is 396 g/mol. The van der Waals surface area contributed by atoms with E-state index in [4.69, 9.17) is 16.3 Å². The Morgan fingerprint density at radius 1 is 0.964 bits per heavy atom. The molecule has 0 fully saturated rings. The van der Waals surface area contributed by atoms with Crippen LogP contribution in [0.4, 0.5) is 0 Å². The molecular weight excluding hydrogens is 374 g/mol. The van der Waals surface area contributed by atoms with Gasteiger partial charge in [0.1, 0.15) is 5.75 Å². The van der Waals surface area contributed by atoms with Crippen molar-refractivity contribution in [2.75, 3.05) is 0 Å². The number of nitrogens with one attached hydrogen (secondary N) is 1. The zero-order valence-electron chi connectivity index (χ0n) is 16.0. The molecule has 0 heterocycles. The summed E-state index contributed by atoms with van der Waals surface area (Å²) in [6, 6.07) is 18.3. The Bertz CT molecular complexity index is 1010. The lowest BCUT2D eigenvalue weighted by molar-refractivity contribution is -0.131. The Hall–Kier alpha value is -2.85. The van der Waals surface area contributed by atoms with Gasteiger partial charge in [-0.15, -0.1) is 0 Å². The highest BCUT2D eigenvalue weighted by Gasteiger charge is 2.25. The topological polar surface area (TPSA) is 55.4 Å². The maximum Gasteiger partial charge on any atom is 0.308 e. The Balaban J connectivity index is 2.25. The molecule has 0 aliphatic rings. The van der Waals surface area contributed by atoms with Crippen molar-refractivity contribution >= 4 is 34.2 Å². The van der Waals surface area contributed by atoms with Crippen molar-refractivity contribution in [3.05, 3.63) is 76.8 Å². The van der Waals surface area contributed by atoms with Crippen LogP contribution in [0, 0.1) is 5.92 Å². The molecule has 0 unspecified atom stereocenters. The Morgan fingerprint density at radius 3 is 2.29 bits per heavy atom. The molecule has 3 aromatic carbocycles. The molecule has 1 atom stereocenters. The van der Waals surface area contributed by atoms with E-state index in [-0.39, 0.29) is 11.8 Å². The van der Waals surface area contributed by atoms with Crippen molar-refractivity contribution in [1.82, 2.24) is 5.32 Å². The standard InChI is InChI=1S/C23H22ClNO3/c1-14(2)23(27)25-22(17-8-11-18(24)12-9-17)21-19-7-5-4-6-16(19)10-13-20(21)28-15(3)26/h4-14,22H,1-3H3,(H,25,27)/t22-/m1/s1. The smallest absolute Gasteiger partial charge is 0.308 e. The van der Waals surface area contributed by atoms with Gasteiger partial charge in [0.15, 0.2) is 0 Å². The van der Waals surface area contributed by atoms with Crippen LogP contribution in [0.2, 0.25) is 5.02 Å². The molecule has 144 valence electrons. The van der Waals surface area contributed by atoms with Crippen molar-refractivity contribution in [3.63, 3.8) is 0 Å². The number of halogens is 1. The zero-order valence-corrected chi connectivity index (χ0v) is 16.8. The van der Waals surface area contributed by atoms with Gasteiger partial charge < -0.3 is 10.1 Å². The number of rotatable bonds is 5. The molecule has 3 rings (SSSR count). The highest BCUT2D eigenvalue weighted by atomic mass is 35.5. The van der Waals surface area contributed by atoms with Crippen LogP contribution < -0.4 is 10.1 Å². The minimum absolute atomic E-state index is 0.0957. The maximum atomic E-state index is 12.6. The van der Waals surface area contributed by atoms with Gasteiger partial charge in [-0.3, -0.25) is 9.59 Å². The van der Waals surface area contributed by atoms with Crippen LogP contribution in [0.1, 0.15) is 37.9 Å². The summed E-state index contributed by atoms with van der Waals surface area (Å²) in [4.78, 5) is 24.3. The minimum Gasteiger partial charge on any atom is -0.426 e. The Morgan fingerprint density at radius 2 is 1.64 bits per heavy atom. The van der Waals surface area contributed by atoms with Crippen LogP contribution in [0.15, 0.2) is 60.7 Å². The van der Waals surface area contributed by atoms with Crippen molar-refractivity contribution < 1.29 is 14.3 Å². The van der Waals surface area contributed by atoms with Crippen molar-refractivity contribution in [2.24, 2.45) is 5.92 Å². The van der Waals surface area contributed by atoms with E-state index >= 15 is 0 Å². The second kappa shape index (κ2) is 8.44. The molecular formula is C23H22ClNO3. The van der Waals surface area contributed by atoms with Crippen LogP contribution in [-0.2, 0) is 9.59 Å². The van der Waals surface area contributed by atoms with E-state index in [1.54, 1.807) is 18.2 Å². The van der Waals surface area contributed by atoms with Gasteiger partial charge in [-0.1, -0.05) is 67.9 Å². The van der Waals surface area contributed by atoms with Crippen molar-refractivity contribution in [3.8, 4) is 5.75 Å². The van der Waals surface area contributed by atoms with Crippen molar-refractivity contribution in [1.29, 1.82) is 0 Å². The fourth-order valence-corrected chi connectivity index (χ4v) is 3.23. The number of fused-ring (bicyclic) bond motifs is 1. The summed E-state index contributed by atoms with van der Waals surface area (Å²) in [5.41, 5.74) is 1.59. The number of esters is 1. The van der Waals surface area contributed by atoms with E-state index < -0.39 is 12.0 Å². The van der Waals surface area contributed by atoms with Crippen molar-refractivity contribution in [2.45, 2.75) is 26.8 Å². The van der Waals surface area contributed by atoms with Gasteiger partial charge in [-0.2, -0.15) is 0 Å². The molecule has 4 nitrogen and oxygen atoms in total. The monoisotopic (exact) mass is 395 g/mol. The lowest BCUT2D eigenvalue weighted by atomic mass is 9.92. The largest absolute Gasteiger partial charge is 0.426 e. The third kappa shape index (κ3) is 4.34. The Kier molecular flexibility index (Phi) is 6.00. The molecule has 0 saturated carbocycles. The third-order valence-electron chi connectivity index (χ3n) is 4.49. The summed E-state index contributed by atoms with van der Waals surface area (Å²) >= 11 is 6.06. The van der Waals surface area contributed by atoms with Gasteiger partial charge in [0.2, 0.25) is 5.91 Å². The Labute approximate surface area is 169 Å². The average Bonchev–Trinajstić information content (AvgIpc) is 2.66. The predicted octanol–water partition coefficient (Wildman–Crippen LogP) is 5.28. The summed E-state index contributed by atoms with van der Waals surface area (Å²) in [6.45, 7) is 5.04. The number of amides is 1. The van der Waals surface area contributed by atoms with Gasteiger partial charge in [0.05, 0.1) is 6.04 Å². The van der Waals surface area contributed by atoms with Gasteiger partial charge >= 0.3 is 5.97 Å². The zero-order chi connectivity index (χ0) is 20.3. The highest BCUT2D eigenvalue weighted by molar-refractivity contribution is 6.30. The molecule has 0 saturated heterocycles. The number of carbonyl (C=O) groups is 2. The second-order valence-electron chi connectivity index (χ2n) is 6.94. The van der Waals surface area contributed by atoms with Crippen LogP contribution >= 0.6 is 11.6 Å². The predicted molar refractivity (Wildman–Crippen MR) is 112 cm³/mol. The molecule has 0 bridgehead atoms. The van der Waals surface area contributed by atoms with Crippen LogP contribution in [0.25, 0.3) is 10.8 Å². The van der Waals surface area contributed by atoms with Gasteiger partial charge in [0, 0.05) is 23.4 Å². The summed E-state index contributed by atoms with van der Waals surface area (Å²) in [7, 11) is 0. The summed E-state index contributed by atoms with van der Waals surface area (Å²) in [5.74, 6) is -0.277. The van der Waals surface area contributed by atoms with Gasteiger partial charge in [-0.05, 0) is 34.5 Å². The van der Waals surface area contributed by atoms with E-state index in [1.165, 1.54) is 6.92 Å². The fourth-order valence-electron chi connectivity index (χ4n) is 3.10.